The number of rotatable bonds is 8. The molecular formula is C25H42IN7. The van der Waals surface area contributed by atoms with E-state index in [1.54, 1.807) is 0 Å². The minimum atomic E-state index is 0. The van der Waals surface area contributed by atoms with E-state index in [9.17, 15) is 0 Å². The van der Waals surface area contributed by atoms with Gasteiger partial charge in [0.05, 0.1) is 12.2 Å². The van der Waals surface area contributed by atoms with Crippen LogP contribution in [0.5, 0.6) is 0 Å². The first-order valence-corrected chi connectivity index (χ1v) is 11.9. The number of hydrogen-bond donors (Lipinski definition) is 2. The third-order valence-electron chi connectivity index (χ3n) is 6.34. The highest BCUT2D eigenvalue weighted by molar-refractivity contribution is 14.0. The summed E-state index contributed by atoms with van der Waals surface area (Å²) in [5.74, 6) is 0.862. The van der Waals surface area contributed by atoms with Crippen molar-refractivity contribution in [3.05, 3.63) is 52.3 Å². The Morgan fingerprint density at radius 2 is 1.70 bits per heavy atom. The minimum absolute atomic E-state index is 0. The van der Waals surface area contributed by atoms with Crippen molar-refractivity contribution in [2.24, 2.45) is 12.0 Å². The summed E-state index contributed by atoms with van der Waals surface area (Å²) in [4.78, 5) is 9.76. The van der Waals surface area contributed by atoms with E-state index in [0.717, 1.165) is 57.3 Å². The first-order chi connectivity index (χ1) is 15.4. The molecule has 33 heavy (non-hydrogen) atoms. The summed E-state index contributed by atoms with van der Waals surface area (Å²) in [5, 5.41) is 11.5. The van der Waals surface area contributed by atoms with Crippen molar-refractivity contribution in [3.8, 4) is 0 Å². The number of guanidine groups is 1. The summed E-state index contributed by atoms with van der Waals surface area (Å²) in [6, 6.07) is 9.19. The summed E-state index contributed by atoms with van der Waals surface area (Å²) < 4.78 is 1.96. The number of halogens is 1. The minimum Gasteiger partial charge on any atom is -0.357 e. The van der Waals surface area contributed by atoms with E-state index in [2.05, 4.69) is 84.5 Å². The van der Waals surface area contributed by atoms with E-state index < -0.39 is 0 Å². The highest BCUT2D eigenvalue weighted by atomic mass is 127. The molecule has 0 aliphatic carbocycles. The van der Waals surface area contributed by atoms with Crippen LogP contribution in [0.1, 0.15) is 41.9 Å². The Bertz CT molecular complexity index is 883. The summed E-state index contributed by atoms with van der Waals surface area (Å²) in [7, 11) is 4.21. The van der Waals surface area contributed by atoms with Gasteiger partial charge in [0.15, 0.2) is 5.96 Å². The maximum absolute atomic E-state index is 4.83. The lowest BCUT2D eigenvalue weighted by atomic mass is 10.1. The normalized spacial score (nSPS) is 16.4. The van der Waals surface area contributed by atoms with Crippen LogP contribution in [0.25, 0.3) is 0 Å². The lowest BCUT2D eigenvalue weighted by Crippen LogP contribution is -2.43. The van der Waals surface area contributed by atoms with Crippen LogP contribution in [-0.2, 0) is 26.6 Å². The molecule has 1 aromatic heterocycles. The standard InChI is InChI=1S/C25H41N7.HI/c1-7-26-25(28-19(2)16-24-20(3)29-31(6)21(24)4)27-17-22-8-10-23(11-9-22)18-32-14-12-30(5)13-15-32;/h8-11,19H,7,12-18H2,1-6H3,(H2,26,27,28);1H. The van der Waals surface area contributed by atoms with E-state index in [4.69, 9.17) is 4.99 Å². The quantitative estimate of drug-likeness (QED) is 0.292. The average molecular weight is 568 g/mol. The number of nitrogens with zero attached hydrogens (tertiary/aromatic N) is 5. The van der Waals surface area contributed by atoms with Crippen LogP contribution < -0.4 is 10.6 Å². The maximum Gasteiger partial charge on any atom is 0.191 e. The number of aromatic nitrogens is 2. The van der Waals surface area contributed by atoms with Crippen molar-refractivity contribution in [1.82, 2.24) is 30.2 Å². The number of benzene rings is 1. The topological polar surface area (TPSA) is 60.7 Å². The van der Waals surface area contributed by atoms with Crippen LogP contribution in [0.4, 0.5) is 0 Å². The lowest BCUT2D eigenvalue weighted by Gasteiger charge is -2.32. The molecule has 1 aliphatic heterocycles. The zero-order valence-corrected chi connectivity index (χ0v) is 23.5. The van der Waals surface area contributed by atoms with Gasteiger partial charge in [-0.2, -0.15) is 5.10 Å². The molecule has 1 saturated heterocycles. The summed E-state index contributed by atoms with van der Waals surface area (Å²) >= 11 is 0. The molecule has 1 atom stereocenters. The van der Waals surface area contributed by atoms with Crippen LogP contribution in [0, 0.1) is 13.8 Å². The van der Waals surface area contributed by atoms with Gasteiger partial charge in [-0.15, -0.1) is 24.0 Å². The van der Waals surface area contributed by atoms with Crippen LogP contribution >= 0.6 is 24.0 Å². The van der Waals surface area contributed by atoms with Crippen molar-refractivity contribution in [1.29, 1.82) is 0 Å². The number of likely N-dealkylation sites (N-methyl/N-ethyl adjacent to an activating group) is 1. The van der Waals surface area contributed by atoms with E-state index >= 15 is 0 Å². The monoisotopic (exact) mass is 567 g/mol. The van der Waals surface area contributed by atoms with Crippen LogP contribution in [0.2, 0.25) is 0 Å². The Hall–Kier alpha value is -1.65. The van der Waals surface area contributed by atoms with Crippen LogP contribution in [0.15, 0.2) is 29.3 Å². The summed E-state index contributed by atoms with van der Waals surface area (Å²) in [6.45, 7) is 15.7. The van der Waals surface area contributed by atoms with Crippen molar-refractivity contribution in [3.63, 3.8) is 0 Å². The summed E-state index contributed by atoms with van der Waals surface area (Å²) in [6.07, 6.45) is 0.927. The molecule has 1 fully saturated rings. The summed E-state index contributed by atoms with van der Waals surface area (Å²) in [5.41, 5.74) is 6.27. The molecule has 0 saturated carbocycles. The Kier molecular flexibility index (Phi) is 11.1. The van der Waals surface area contributed by atoms with Gasteiger partial charge < -0.3 is 15.5 Å². The molecule has 2 heterocycles. The van der Waals surface area contributed by atoms with Crippen molar-refractivity contribution in [2.75, 3.05) is 39.8 Å². The second-order valence-electron chi connectivity index (χ2n) is 9.11. The predicted molar refractivity (Wildman–Crippen MR) is 148 cm³/mol. The second kappa shape index (κ2) is 13.3. The SMILES string of the molecule is CCNC(=NCc1ccc(CN2CCN(C)CC2)cc1)NC(C)Cc1c(C)nn(C)c1C.I. The molecule has 0 amide bonds. The fourth-order valence-corrected chi connectivity index (χ4v) is 4.21. The zero-order valence-electron chi connectivity index (χ0n) is 21.2. The number of aliphatic imine (C=N–C) groups is 1. The fraction of sp³-hybridized carbons (Fsp3) is 0.600. The highest BCUT2D eigenvalue weighted by Gasteiger charge is 2.15. The molecule has 7 nitrogen and oxygen atoms in total. The van der Waals surface area contributed by atoms with Gasteiger partial charge in [0, 0.05) is 58.1 Å². The smallest absolute Gasteiger partial charge is 0.191 e. The molecule has 1 aromatic carbocycles. The molecule has 8 heteroatoms. The maximum atomic E-state index is 4.83. The van der Waals surface area contributed by atoms with Gasteiger partial charge in [0.1, 0.15) is 0 Å². The van der Waals surface area contributed by atoms with Crippen molar-refractivity contribution in [2.45, 2.75) is 53.2 Å². The molecule has 0 bridgehead atoms. The van der Waals surface area contributed by atoms with E-state index in [1.165, 1.54) is 22.4 Å². The van der Waals surface area contributed by atoms with E-state index in [0.29, 0.717) is 6.54 Å². The van der Waals surface area contributed by atoms with Gasteiger partial charge in [-0.3, -0.25) is 9.58 Å². The lowest BCUT2D eigenvalue weighted by molar-refractivity contribution is 0.148. The van der Waals surface area contributed by atoms with Crippen LogP contribution in [-0.4, -0.2) is 71.4 Å². The van der Waals surface area contributed by atoms with Gasteiger partial charge in [-0.1, -0.05) is 24.3 Å². The Balaban J connectivity index is 0.00000385. The Morgan fingerprint density at radius 3 is 2.27 bits per heavy atom. The third-order valence-corrected chi connectivity index (χ3v) is 6.34. The first kappa shape index (κ1) is 27.6. The first-order valence-electron chi connectivity index (χ1n) is 11.9. The molecule has 2 aromatic rings. The average Bonchev–Trinajstić information content (AvgIpc) is 3.00. The van der Waals surface area contributed by atoms with Gasteiger partial charge in [-0.25, -0.2) is 4.99 Å². The molecule has 2 N–H and O–H groups in total. The molecular weight excluding hydrogens is 525 g/mol. The van der Waals surface area contributed by atoms with Gasteiger partial charge >= 0.3 is 0 Å². The highest BCUT2D eigenvalue weighted by Crippen LogP contribution is 2.14. The van der Waals surface area contributed by atoms with E-state index in [1.807, 2.05) is 11.7 Å². The van der Waals surface area contributed by atoms with Gasteiger partial charge in [0.25, 0.3) is 0 Å². The largest absolute Gasteiger partial charge is 0.357 e. The third kappa shape index (κ3) is 8.26. The van der Waals surface area contributed by atoms with Crippen molar-refractivity contribution >= 4 is 29.9 Å². The zero-order chi connectivity index (χ0) is 23.1. The molecule has 1 unspecified atom stereocenters. The van der Waals surface area contributed by atoms with E-state index in [-0.39, 0.29) is 30.0 Å². The molecule has 1 aliphatic rings. The number of aryl methyl sites for hydroxylation is 2. The molecule has 184 valence electrons. The molecule has 0 spiro atoms. The number of piperazine rings is 1. The fourth-order valence-electron chi connectivity index (χ4n) is 4.21. The molecule has 0 radical (unpaired) electrons. The van der Waals surface area contributed by atoms with Crippen LogP contribution in [0.3, 0.4) is 0 Å². The van der Waals surface area contributed by atoms with Gasteiger partial charge in [-0.05, 0) is 57.9 Å². The second-order valence-corrected chi connectivity index (χ2v) is 9.11. The number of nitrogens with one attached hydrogen (secondary N) is 2. The number of hydrogen-bond acceptors (Lipinski definition) is 4. The Morgan fingerprint density at radius 1 is 1.06 bits per heavy atom. The van der Waals surface area contributed by atoms with Gasteiger partial charge in [0.2, 0.25) is 0 Å². The van der Waals surface area contributed by atoms with Crippen molar-refractivity contribution < 1.29 is 0 Å². The molecule has 3 rings (SSSR count). The Labute approximate surface area is 217 Å². The predicted octanol–water partition coefficient (Wildman–Crippen LogP) is 3.09.